The highest BCUT2D eigenvalue weighted by molar-refractivity contribution is 7.92. The minimum atomic E-state index is -3.54. The summed E-state index contributed by atoms with van der Waals surface area (Å²) in [5.74, 6) is 0. The second-order valence-corrected chi connectivity index (χ2v) is 4.66. The van der Waals surface area contributed by atoms with Gasteiger partial charge in [0, 0.05) is 11.8 Å². The number of hydrogen-bond acceptors (Lipinski definition) is 5. The van der Waals surface area contributed by atoms with E-state index < -0.39 is 14.9 Å². The minimum absolute atomic E-state index is 0.100. The van der Waals surface area contributed by atoms with Crippen LogP contribution in [0.3, 0.4) is 0 Å². The summed E-state index contributed by atoms with van der Waals surface area (Å²) in [6.45, 7) is 0. The van der Waals surface area contributed by atoms with Crippen LogP contribution in [0.4, 0.5) is 17.1 Å². The molecule has 0 radical (unpaired) electrons. The number of nitrogens with one attached hydrogen (secondary N) is 1. The molecule has 0 bridgehead atoms. The number of rotatable bonds is 3. The maximum Gasteiger partial charge on any atom is 0.295 e. The Kier molecular flexibility index (Phi) is 2.80. The molecule has 0 aliphatic carbocycles. The van der Waals surface area contributed by atoms with Gasteiger partial charge < -0.3 is 5.73 Å². The topological polar surface area (TPSA) is 115 Å². The first-order chi connectivity index (χ1) is 6.79. The summed E-state index contributed by atoms with van der Waals surface area (Å²) in [5, 5.41) is 10.6. The lowest BCUT2D eigenvalue weighted by Gasteiger charge is -2.04. The van der Waals surface area contributed by atoms with Crippen LogP contribution in [0.5, 0.6) is 0 Å². The largest absolute Gasteiger partial charge is 0.399 e. The summed E-state index contributed by atoms with van der Waals surface area (Å²) in [6.07, 6.45) is 0.910. The van der Waals surface area contributed by atoms with E-state index >= 15 is 0 Å². The smallest absolute Gasteiger partial charge is 0.295 e. The van der Waals surface area contributed by atoms with Gasteiger partial charge in [0.25, 0.3) is 5.69 Å². The van der Waals surface area contributed by atoms with E-state index in [9.17, 15) is 18.5 Å². The third-order valence-corrected chi connectivity index (χ3v) is 2.10. The maximum atomic E-state index is 10.9. The van der Waals surface area contributed by atoms with Gasteiger partial charge in [0.05, 0.1) is 11.2 Å². The number of hydrogen-bond donors (Lipinski definition) is 2. The molecule has 1 aromatic rings. The van der Waals surface area contributed by atoms with Crippen LogP contribution in [-0.2, 0) is 10.0 Å². The summed E-state index contributed by atoms with van der Waals surface area (Å²) < 4.78 is 23.8. The highest BCUT2D eigenvalue weighted by Gasteiger charge is 2.16. The molecule has 0 saturated heterocycles. The Morgan fingerprint density at radius 1 is 1.47 bits per heavy atom. The number of nitrogens with two attached hydrogens (primary N) is 1. The van der Waals surface area contributed by atoms with Crippen LogP contribution in [0.1, 0.15) is 0 Å². The van der Waals surface area contributed by atoms with Crippen molar-refractivity contribution in [3.63, 3.8) is 0 Å². The Morgan fingerprint density at radius 3 is 2.53 bits per heavy atom. The number of anilines is 2. The maximum absolute atomic E-state index is 10.9. The Balaban J connectivity index is 3.24. The van der Waals surface area contributed by atoms with Gasteiger partial charge in [-0.05, 0) is 12.1 Å². The molecule has 3 N–H and O–H groups in total. The number of nitrogens with zero attached hydrogens (tertiary/aromatic N) is 1. The molecule has 0 atom stereocenters. The van der Waals surface area contributed by atoms with Gasteiger partial charge in [0.2, 0.25) is 10.0 Å². The van der Waals surface area contributed by atoms with E-state index in [1.165, 1.54) is 12.1 Å². The molecule has 0 heterocycles. The number of nitro groups is 1. The minimum Gasteiger partial charge on any atom is -0.399 e. The van der Waals surface area contributed by atoms with Crippen LogP contribution in [-0.4, -0.2) is 19.6 Å². The lowest BCUT2D eigenvalue weighted by molar-refractivity contribution is -0.383. The van der Waals surface area contributed by atoms with Crippen LogP contribution in [0, 0.1) is 10.1 Å². The zero-order chi connectivity index (χ0) is 11.6. The van der Waals surface area contributed by atoms with Crippen molar-refractivity contribution in [2.75, 3.05) is 16.7 Å². The molecule has 0 fully saturated rings. The fraction of sp³-hybridized carbons (Fsp3) is 0.143. The normalized spacial score (nSPS) is 11.0. The molecule has 0 aliphatic heterocycles. The molecule has 0 amide bonds. The summed E-state index contributed by atoms with van der Waals surface area (Å²) >= 11 is 0. The van der Waals surface area contributed by atoms with Crippen molar-refractivity contribution in [1.29, 1.82) is 0 Å². The fourth-order valence-corrected chi connectivity index (χ4v) is 1.56. The highest BCUT2D eigenvalue weighted by atomic mass is 32.2. The van der Waals surface area contributed by atoms with E-state index in [4.69, 9.17) is 5.73 Å². The zero-order valence-electron chi connectivity index (χ0n) is 7.80. The van der Waals surface area contributed by atoms with Crippen LogP contribution >= 0.6 is 0 Å². The van der Waals surface area contributed by atoms with E-state index in [-0.39, 0.29) is 17.1 Å². The van der Waals surface area contributed by atoms with Crippen molar-refractivity contribution in [3.05, 3.63) is 28.3 Å². The molecule has 8 heteroatoms. The van der Waals surface area contributed by atoms with E-state index in [0.717, 1.165) is 12.3 Å². The van der Waals surface area contributed by atoms with Gasteiger partial charge in [-0.2, -0.15) is 0 Å². The van der Waals surface area contributed by atoms with Gasteiger partial charge in [0.1, 0.15) is 5.69 Å². The molecular formula is C7H9N3O4S. The molecule has 82 valence electrons. The van der Waals surface area contributed by atoms with Gasteiger partial charge in [-0.3, -0.25) is 14.8 Å². The first-order valence-corrected chi connectivity index (χ1v) is 5.70. The van der Waals surface area contributed by atoms with E-state index in [1.807, 2.05) is 4.72 Å². The van der Waals surface area contributed by atoms with Gasteiger partial charge >= 0.3 is 0 Å². The van der Waals surface area contributed by atoms with Crippen molar-refractivity contribution in [3.8, 4) is 0 Å². The van der Waals surface area contributed by atoms with E-state index in [1.54, 1.807) is 0 Å². The molecule has 1 rings (SSSR count). The third kappa shape index (κ3) is 3.09. The van der Waals surface area contributed by atoms with Crippen LogP contribution < -0.4 is 10.5 Å². The van der Waals surface area contributed by atoms with Crippen LogP contribution in [0.2, 0.25) is 0 Å². The Labute approximate surface area is 86.1 Å². The first kappa shape index (κ1) is 11.2. The molecule has 0 aromatic heterocycles. The van der Waals surface area contributed by atoms with Crippen molar-refractivity contribution < 1.29 is 13.3 Å². The average molecular weight is 231 g/mol. The highest BCUT2D eigenvalue weighted by Crippen LogP contribution is 2.26. The molecule has 0 unspecified atom stereocenters. The molecule has 0 saturated carbocycles. The predicted octanol–water partition coefficient (Wildman–Crippen LogP) is 0.548. The SMILES string of the molecule is CS(=O)(=O)Nc1ccc(N)cc1[N+](=O)[O-]. The molecule has 7 nitrogen and oxygen atoms in total. The predicted molar refractivity (Wildman–Crippen MR) is 56.0 cm³/mol. The van der Waals surface area contributed by atoms with Crippen molar-refractivity contribution in [2.45, 2.75) is 0 Å². The summed E-state index contributed by atoms with van der Waals surface area (Å²) in [6, 6.07) is 3.71. The monoisotopic (exact) mass is 231 g/mol. The molecule has 0 spiro atoms. The zero-order valence-corrected chi connectivity index (χ0v) is 8.61. The standard InChI is InChI=1S/C7H9N3O4S/c1-15(13,14)9-6-3-2-5(8)4-7(6)10(11)12/h2-4,9H,8H2,1H3. The number of sulfonamides is 1. The Bertz CT molecular complexity index is 497. The molecule has 1 aromatic carbocycles. The molecule has 0 aliphatic rings. The lowest BCUT2D eigenvalue weighted by Crippen LogP contribution is -2.11. The van der Waals surface area contributed by atoms with Crippen molar-refractivity contribution >= 4 is 27.1 Å². The van der Waals surface area contributed by atoms with Gasteiger partial charge in [-0.1, -0.05) is 0 Å². The van der Waals surface area contributed by atoms with Crippen LogP contribution in [0.15, 0.2) is 18.2 Å². The fourth-order valence-electron chi connectivity index (χ4n) is 0.986. The van der Waals surface area contributed by atoms with Crippen molar-refractivity contribution in [2.24, 2.45) is 0 Å². The quantitative estimate of drug-likeness (QED) is 0.447. The summed E-state index contributed by atoms with van der Waals surface area (Å²) in [4.78, 5) is 9.87. The van der Waals surface area contributed by atoms with Crippen LogP contribution in [0.25, 0.3) is 0 Å². The van der Waals surface area contributed by atoms with Gasteiger partial charge in [-0.15, -0.1) is 0 Å². The summed E-state index contributed by atoms with van der Waals surface area (Å²) in [7, 11) is -3.54. The molecular weight excluding hydrogens is 222 g/mol. The Hall–Kier alpha value is -1.83. The molecule has 15 heavy (non-hydrogen) atoms. The van der Waals surface area contributed by atoms with Gasteiger partial charge in [0.15, 0.2) is 0 Å². The van der Waals surface area contributed by atoms with E-state index in [0.29, 0.717) is 0 Å². The average Bonchev–Trinajstić information content (AvgIpc) is 2.05. The number of nitrogen functional groups attached to an aromatic ring is 1. The second kappa shape index (κ2) is 3.73. The second-order valence-electron chi connectivity index (χ2n) is 2.91. The van der Waals surface area contributed by atoms with Crippen molar-refractivity contribution in [1.82, 2.24) is 0 Å². The lowest BCUT2D eigenvalue weighted by atomic mass is 10.2. The van der Waals surface area contributed by atoms with Gasteiger partial charge in [-0.25, -0.2) is 8.42 Å². The first-order valence-electron chi connectivity index (χ1n) is 3.81. The Morgan fingerprint density at radius 2 is 2.07 bits per heavy atom. The number of benzene rings is 1. The van der Waals surface area contributed by atoms with E-state index in [2.05, 4.69) is 0 Å². The third-order valence-electron chi connectivity index (χ3n) is 1.51. The summed E-state index contributed by atoms with van der Waals surface area (Å²) in [5.41, 5.74) is 5.07. The number of nitro benzene ring substituents is 1.